The summed E-state index contributed by atoms with van der Waals surface area (Å²) in [5.41, 5.74) is 0.904. The van der Waals surface area contributed by atoms with Gasteiger partial charge in [0.15, 0.2) is 5.13 Å². The van der Waals surface area contributed by atoms with E-state index in [0.717, 1.165) is 22.1 Å². The van der Waals surface area contributed by atoms with Crippen LogP contribution in [0.25, 0.3) is 0 Å². The lowest BCUT2D eigenvalue weighted by Crippen LogP contribution is -2.07. The summed E-state index contributed by atoms with van der Waals surface area (Å²) in [4.78, 5) is 17.7. The number of carbonyl (C=O) groups is 1. The Kier molecular flexibility index (Phi) is 3.46. The quantitative estimate of drug-likeness (QED) is 0.823. The molecule has 0 aromatic carbocycles. The highest BCUT2D eigenvalue weighted by atomic mass is 32.1. The third-order valence-electron chi connectivity index (χ3n) is 1.80. The maximum Gasteiger partial charge on any atom is 0.308 e. The van der Waals surface area contributed by atoms with E-state index in [9.17, 15) is 4.79 Å². The third-order valence-corrected chi connectivity index (χ3v) is 3.06. The van der Waals surface area contributed by atoms with Crippen LogP contribution in [-0.4, -0.2) is 30.2 Å². The minimum atomic E-state index is -0.798. The molecule has 0 fully saturated rings. The van der Waals surface area contributed by atoms with Gasteiger partial charge in [0.1, 0.15) is 0 Å². The average molecular weight is 214 g/mol. The van der Waals surface area contributed by atoms with Crippen LogP contribution < -0.4 is 4.90 Å². The second kappa shape index (κ2) is 4.41. The molecule has 0 unspecified atom stereocenters. The van der Waals surface area contributed by atoms with Crippen molar-refractivity contribution in [3.8, 4) is 0 Å². The summed E-state index contributed by atoms with van der Waals surface area (Å²) >= 11 is 1.45. The summed E-state index contributed by atoms with van der Waals surface area (Å²) < 4.78 is 0. The zero-order valence-corrected chi connectivity index (χ0v) is 9.39. The number of anilines is 1. The van der Waals surface area contributed by atoms with Crippen LogP contribution in [0.3, 0.4) is 0 Å². The molecule has 0 saturated carbocycles. The molecule has 0 radical (unpaired) electrons. The molecule has 14 heavy (non-hydrogen) atoms. The van der Waals surface area contributed by atoms with E-state index >= 15 is 0 Å². The van der Waals surface area contributed by atoms with Crippen LogP contribution in [0.15, 0.2) is 0 Å². The van der Waals surface area contributed by atoms with Gasteiger partial charge < -0.3 is 10.0 Å². The summed E-state index contributed by atoms with van der Waals surface area (Å²) in [5, 5.41) is 9.57. The first kappa shape index (κ1) is 11.0. The Hall–Kier alpha value is -1.10. The molecule has 1 N–H and O–H groups in total. The van der Waals surface area contributed by atoms with Gasteiger partial charge >= 0.3 is 5.97 Å². The molecule has 0 amide bonds. The Morgan fingerprint density at radius 3 is 2.64 bits per heavy atom. The van der Waals surface area contributed by atoms with Crippen molar-refractivity contribution in [1.29, 1.82) is 0 Å². The molecule has 1 heterocycles. The number of carboxylic acid groups (broad SMARTS) is 1. The zero-order valence-electron chi connectivity index (χ0n) is 8.57. The molecule has 1 rings (SSSR count). The second-order valence-electron chi connectivity index (χ2n) is 3.18. The average Bonchev–Trinajstić information content (AvgIpc) is 2.46. The van der Waals surface area contributed by atoms with Crippen molar-refractivity contribution >= 4 is 22.4 Å². The van der Waals surface area contributed by atoms with Gasteiger partial charge in [0.25, 0.3) is 0 Å². The fourth-order valence-electron chi connectivity index (χ4n) is 1.11. The highest BCUT2D eigenvalue weighted by Gasteiger charge is 2.13. The lowest BCUT2D eigenvalue weighted by atomic mass is 10.2. The molecule has 0 aliphatic carbocycles. The predicted molar refractivity (Wildman–Crippen MR) is 57.2 cm³/mol. The van der Waals surface area contributed by atoms with Gasteiger partial charge in [0.05, 0.1) is 12.1 Å². The van der Waals surface area contributed by atoms with E-state index < -0.39 is 5.97 Å². The SMILES string of the molecule is CCc1nc(N(C)C)sc1CC(=O)O. The molecule has 0 aliphatic rings. The molecule has 78 valence electrons. The van der Waals surface area contributed by atoms with E-state index in [4.69, 9.17) is 5.11 Å². The van der Waals surface area contributed by atoms with Gasteiger partial charge in [-0.1, -0.05) is 6.92 Å². The van der Waals surface area contributed by atoms with Crippen LogP contribution in [0.2, 0.25) is 0 Å². The number of hydrogen-bond acceptors (Lipinski definition) is 4. The van der Waals surface area contributed by atoms with Crippen molar-refractivity contribution in [2.24, 2.45) is 0 Å². The molecule has 4 nitrogen and oxygen atoms in total. The largest absolute Gasteiger partial charge is 0.481 e. The topological polar surface area (TPSA) is 53.4 Å². The maximum atomic E-state index is 10.6. The van der Waals surface area contributed by atoms with E-state index in [0.29, 0.717) is 0 Å². The smallest absolute Gasteiger partial charge is 0.308 e. The van der Waals surface area contributed by atoms with Crippen LogP contribution in [0.5, 0.6) is 0 Å². The molecular formula is C9H14N2O2S. The van der Waals surface area contributed by atoms with Gasteiger partial charge in [-0.05, 0) is 6.42 Å². The van der Waals surface area contributed by atoms with Gasteiger partial charge in [-0.2, -0.15) is 0 Å². The zero-order chi connectivity index (χ0) is 10.7. The van der Waals surface area contributed by atoms with E-state index in [1.165, 1.54) is 11.3 Å². The number of aromatic nitrogens is 1. The second-order valence-corrected chi connectivity index (χ2v) is 4.25. The summed E-state index contributed by atoms with van der Waals surface area (Å²) in [6.45, 7) is 1.99. The van der Waals surface area contributed by atoms with Gasteiger partial charge in [-0.15, -0.1) is 11.3 Å². The Labute approximate surface area is 87.2 Å². The highest BCUT2D eigenvalue weighted by molar-refractivity contribution is 7.15. The monoisotopic (exact) mass is 214 g/mol. The molecule has 0 spiro atoms. The number of carboxylic acids is 1. The standard InChI is InChI=1S/C9H14N2O2S/c1-4-6-7(5-8(12)13)14-9(10-6)11(2)3/h4-5H2,1-3H3,(H,12,13). The number of hydrogen-bond donors (Lipinski definition) is 1. The molecule has 0 atom stereocenters. The van der Waals surface area contributed by atoms with Crippen LogP contribution in [-0.2, 0) is 17.6 Å². The normalized spacial score (nSPS) is 10.2. The summed E-state index contributed by atoms with van der Waals surface area (Å²) in [6, 6.07) is 0. The minimum Gasteiger partial charge on any atom is -0.481 e. The first-order valence-electron chi connectivity index (χ1n) is 4.42. The van der Waals surface area contributed by atoms with E-state index in [1.54, 1.807) is 0 Å². The van der Waals surface area contributed by atoms with Crippen LogP contribution in [0.1, 0.15) is 17.5 Å². The van der Waals surface area contributed by atoms with E-state index in [-0.39, 0.29) is 6.42 Å². The number of thiazole rings is 1. The first-order valence-corrected chi connectivity index (χ1v) is 5.24. The van der Waals surface area contributed by atoms with Gasteiger partial charge in [-0.3, -0.25) is 4.79 Å². The van der Waals surface area contributed by atoms with Gasteiger partial charge in [0.2, 0.25) is 0 Å². The molecule has 0 aliphatic heterocycles. The number of aryl methyl sites for hydroxylation is 1. The summed E-state index contributed by atoms with van der Waals surface area (Å²) in [7, 11) is 3.81. The fourth-order valence-corrected chi connectivity index (χ4v) is 2.17. The van der Waals surface area contributed by atoms with Crippen molar-refractivity contribution < 1.29 is 9.90 Å². The predicted octanol–water partition coefficient (Wildman–Crippen LogP) is 1.40. The molecular weight excluding hydrogens is 200 g/mol. The maximum absolute atomic E-state index is 10.6. The molecule has 1 aromatic rings. The minimum absolute atomic E-state index is 0.0781. The Morgan fingerprint density at radius 2 is 2.21 bits per heavy atom. The van der Waals surface area contributed by atoms with Crippen molar-refractivity contribution in [3.05, 3.63) is 10.6 Å². The van der Waals surface area contributed by atoms with E-state index in [1.807, 2.05) is 25.9 Å². The van der Waals surface area contributed by atoms with Crippen molar-refractivity contribution in [1.82, 2.24) is 4.98 Å². The third kappa shape index (κ3) is 2.45. The lowest BCUT2D eigenvalue weighted by Gasteiger charge is -2.05. The Balaban J connectivity index is 2.96. The summed E-state index contributed by atoms with van der Waals surface area (Å²) in [6.07, 6.45) is 0.863. The highest BCUT2D eigenvalue weighted by Crippen LogP contribution is 2.25. The lowest BCUT2D eigenvalue weighted by molar-refractivity contribution is -0.136. The molecule has 0 saturated heterocycles. The molecule has 1 aromatic heterocycles. The van der Waals surface area contributed by atoms with Crippen molar-refractivity contribution in [3.63, 3.8) is 0 Å². The number of rotatable bonds is 4. The van der Waals surface area contributed by atoms with Crippen molar-refractivity contribution in [2.75, 3.05) is 19.0 Å². The molecule has 0 bridgehead atoms. The Morgan fingerprint density at radius 1 is 1.57 bits per heavy atom. The number of nitrogens with zero attached hydrogens (tertiary/aromatic N) is 2. The Bertz CT molecular complexity index is 334. The van der Waals surface area contributed by atoms with Crippen LogP contribution >= 0.6 is 11.3 Å². The van der Waals surface area contributed by atoms with Crippen LogP contribution in [0.4, 0.5) is 5.13 Å². The van der Waals surface area contributed by atoms with Gasteiger partial charge in [0, 0.05) is 19.0 Å². The first-order chi connectivity index (χ1) is 6.54. The van der Waals surface area contributed by atoms with Crippen molar-refractivity contribution in [2.45, 2.75) is 19.8 Å². The molecule has 5 heteroatoms. The van der Waals surface area contributed by atoms with Gasteiger partial charge in [-0.25, -0.2) is 4.98 Å². The number of aliphatic carboxylic acids is 1. The summed E-state index contributed by atoms with van der Waals surface area (Å²) in [5.74, 6) is -0.798. The van der Waals surface area contributed by atoms with E-state index in [2.05, 4.69) is 4.98 Å². The fraction of sp³-hybridized carbons (Fsp3) is 0.556. The van der Waals surface area contributed by atoms with Crippen LogP contribution in [0, 0.1) is 0 Å².